The Bertz CT molecular complexity index is 386. The van der Waals surface area contributed by atoms with Gasteiger partial charge in [-0.1, -0.05) is 12.1 Å². The van der Waals surface area contributed by atoms with Crippen LogP contribution in [-0.4, -0.2) is 39.1 Å². The Morgan fingerprint density at radius 1 is 1.18 bits per heavy atom. The van der Waals surface area contributed by atoms with Crippen LogP contribution in [0.5, 0.6) is 5.75 Å². The van der Waals surface area contributed by atoms with Crippen molar-refractivity contribution >= 4 is 5.91 Å². The summed E-state index contributed by atoms with van der Waals surface area (Å²) >= 11 is 0. The molecular weight excluding hydrogens is 218 g/mol. The first kappa shape index (κ1) is 13.5. The molecule has 0 fully saturated rings. The number of hydrogen-bond acceptors (Lipinski definition) is 3. The average molecular weight is 237 g/mol. The van der Waals surface area contributed by atoms with E-state index in [9.17, 15) is 4.79 Å². The molecule has 0 saturated heterocycles. The third kappa shape index (κ3) is 2.58. The molecule has 1 aromatic rings. The predicted octanol–water partition coefficient (Wildman–Crippen LogP) is 1.65. The van der Waals surface area contributed by atoms with Gasteiger partial charge in [0.2, 0.25) is 0 Å². The summed E-state index contributed by atoms with van der Waals surface area (Å²) in [6, 6.07) is 7.30. The number of amides is 1. The third-order valence-corrected chi connectivity index (χ3v) is 2.86. The molecule has 1 rings (SSSR count). The molecule has 0 radical (unpaired) electrons. The monoisotopic (exact) mass is 237 g/mol. The van der Waals surface area contributed by atoms with Crippen LogP contribution >= 0.6 is 0 Å². The van der Waals surface area contributed by atoms with Crippen LogP contribution in [0.2, 0.25) is 0 Å². The number of benzene rings is 1. The molecule has 1 amide bonds. The van der Waals surface area contributed by atoms with Crippen LogP contribution in [0, 0.1) is 0 Å². The molecule has 4 heteroatoms. The number of carbonyl (C=O) groups excluding carboxylic acids is 1. The van der Waals surface area contributed by atoms with Crippen LogP contribution in [0.4, 0.5) is 0 Å². The summed E-state index contributed by atoms with van der Waals surface area (Å²) in [6.45, 7) is 1.76. The van der Waals surface area contributed by atoms with Gasteiger partial charge in [-0.05, 0) is 24.6 Å². The molecule has 0 spiro atoms. The van der Waals surface area contributed by atoms with Gasteiger partial charge in [-0.25, -0.2) is 0 Å². The summed E-state index contributed by atoms with van der Waals surface area (Å²) < 4.78 is 10.5. The second kappa shape index (κ2) is 5.19. The van der Waals surface area contributed by atoms with Crippen LogP contribution in [0.25, 0.3) is 0 Å². The zero-order valence-corrected chi connectivity index (χ0v) is 11.0. The van der Waals surface area contributed by atoms with Crippen LogP contribution in [0.1, 0.15) is 12.5 Å². The van der Waals surface area contributed by atoms with Crippen molar-refractivity contribution in [2.75, 3.05) is 28.3 Å². The van der Waals surface area contributed by atoms with E-state index >= 15 is 0 Å². The summed E-state index contributed by atoms with van der Waals surface area (Å²) in [6.07, 6.45) is 0. The molecular formula is C13H19NO3. The van der Waals surface area contributed by atoms with Crippen molar-refractivity contribution in [3.63, 3.8) is 0 Å². The van der Waals surface area contributed by atoms with Crippen molar-refractivity contribution < 1.29 is 14.3 Å². The maximum atomic E-state index is 12.1. The molecule has 4 nitrogen and oxygen atoms in total. The number of hydrogen-bond donors (Lipinski definition) is 0. The second-order valence-electron chi connectivity index (χ2n) is 4.17. The largest absolute Gasteiger partial charge is 0.497 e. The first-order valence-electron chi connectivity index (χ1n) is 5.37. The Morgan fingerprint density at radius 3 is 2.06 bits per heavy atom. The summed E-state index contributed by atoms with van der Waals surface area (Å²) in [7, 11) is 6.56. The lowest BCUT2D eigenvalue weighted by Gasteiger charge is -2.30. The van der Waals surface area contributed by atoms with Crippen molar-refractivity contribution in [1.29, 1.82) is 0 Å². The lowest BCUT2D eigenvalue weighted by molar-refractivity contribution is -0.151. The van der Waals surface area contributed by atoms with Crippen molar-refractivity contribution in [2.24, 2.45) is 0 Å². The van der Waals surface area contributed by atoms with Crippen LogP contribution < -0.4 is 4.74 Å². The maximum absolute atomic E-state index is 12.1. The average Bonchev–Trinajstić information content (AvgIpc) is 2.36. The molecule has 0 aliphatic carbocycles. The minimum Gasteiger partial charge on any atom is -0.497 e. The summed E-state index contributed by atoms with van der Waals surface area (Å²) in [5.41, 5.74) is -0.157. The molecule has 0 N–H and O–H groups in total. The molecule has 0 aliphatic heterocycles. The van der Waals surface area contributed by atoms with Gasteiger partial charge in [-0.3, -0.25) is 4.79 Å². The summed E-state index contributed by atoms with van der Waals surface area (Å²) in [5, 5.41) is 0. The van der Waals surface area contributed by atoms with E-state index < -0.39 is 5.60 Å². The van der Waals surface area contributed by atoms with E-state index in [2.05, 4.69) is 0 Å². The smallest absolute Gasteiger partial charge is 0.258 e. The molecule has 0 bridgehead atoms. The van der Waals surface area contributed by atoms with Gasteiger partial charge in [-0.2, -0.15) is 0 Å². The number of methoxy groups -OCH3 is 2. The number of rotatable bonds is 4. The van der Waals surface area contributed by atoms with Gasteiger partial charge < -0.3 is 14.4 Å². The van der Waals surface area contributed by atoms with Crippen LogP contribution in [-0.2, 0) is 15.1 Å². The van der Waals surface area contributed by atoms with Gasteiger partial charge in [0.05, 0.1) is 7.11 Å². The second-order valence-corrected chi connectivity index (χ2v) is 4.17. The fourth-order valence-corrected chi connectivity index (χ4v) is 1.66. The molecule has 1 aromatic carbocycles. The van der Waals surface area contributed by atoms with E-state index in [-0.39, 0.29) is 5.91 Å². The molecule has 0 saturated carbocycles. The minimum absolute atomic E-state index is 0.0924. The fourth-order valence-electron chi connectivity index (χ4n) is 1.66. The number of carbonyl (C=O) groups is 1. The van der Waals surface area contributed by atoms with Gasteiger partial charge in [0.1, 0.15) is 5.75 Å². The standard InChI is InChI=1S/C13H19NO3/c1-13(17-5,12(15)14(2)3)10-6-8-11(16-4)9-7-10/h6-9H,1-5H3. The van der Waals surface area contributed by atoms with Crippen LogP contribution in [0.15, 0.2) is 24.3 Å². The highest BCUT2D eigenvalue weighted by molar-refractivity contribution is 5.85. The highest BCUT2D eigenvalue weighted by Crippen LogP contribution is 2.28. The Balaban J connectivity index is 3.11. The van der Waals surface area contributed by atoms with Gasteiger partial charge in [0.15, 0.2) is 5.60 Å². The zero-order valence-electron chi connectivity index (χ0n) is 11.0. The lowest BCUT2D eigenvalue weighted by Crippen LogP contribution is -2.42. The fraction of sp³-hybridized carbons (Fsp3) is 0.462. The quantitative estimate of drug-likeness (QED) is 0.799. The zero-order chi connectivity index (χ0) is 13.1. The SMILES string of the molecule is COc1ccc(C(C)(OC)C(=O)N(C)C)cc1. The van der Waals surface area contributed by atoms with E-state index in [4.69, 9.17) is 9.47 Å². The Morgan fingerprint density at radius 2 is 1.71 bits per heavy atom. The van der Waals surface area contributed by atoms with Crippen molar-refractivity contribution in [2.45, 2.75) is 12.5 Å². The number of nitrogens with zero attached hydrogens (tertiary/aromatic N) is 1. The third-order valence-electron chi connectivity index (χ3n) is 2.86. The highest BCUT2D eigenvalue weighted by Gasteiger charge is 2.36. The van der Waals surface area contributed by atoms with Crippen molar-refractivity contribution in [3.05, 3.63) is 29.8 Å². The van der Waals surface area contributed by atoms with E-state index in [1.807, 2.05) is 24.3 Å². The Hall–Kier alpha value is -1.55. The highest BCUT2D eigenvalue weighted by atomic mass is 16.5. The van der Waals surface area contributed by atoms with E-state index in [1.165, 1.54) is 12.0 Å². The number of ether oxygens (including phenoxy) is 2. The first-order chi connectivity index (χ1) is 7.95. The maximum Gasteiger partial charge on any atom is 0.258 e. The van der Waals surface area contributed by atoms with E-state index in [0.29, 0.717) is 0 Å². The molecule has 0 heterocycles. The van der Waals surface area contributed by atoms with E-state index in [1.54, 1.807) is 28.1 Å². The first-order valence-corrected chi connectivity index (χ1v) is 5.37. The van der Waals surface area contributed by atoms with Crippen LogP contribution in [0.3, 0.4) is 0 Å². The van der Waals surface area contributed by atoms with E-state index in [0.717, 1.165) is 11.3 Å². The molecule has 1 unspecified atom stereocenters. The van der Waals surface area contributed by atoms with Gasteiger partial charge in [0, 0.05) is 21.2 Å². The molecule has 94 valence electrons. The summed E-state index contributed by atoms with van der Waals surface area (Å²) in [4.78, 5) is 13.6. The normalized spacial score (nSPS) is 13.9. The van der Waals surface area contributed by atoms with Crippen molar-refractivity contribution in [1.82, 2.24) is 4.90 Å². The molecule has 17 heavy (non-hydrogen) atoms. The van der Waals surface area contributed by atoms with Gasteiger partial charge in [0.25, 0.3) is 5.91 Å². The molecule has 0 aliphatic rings. The van der Waals surface area contributed by atoms with Crippen molar-refractivity contribution in [3.8, 4) is 5.75 Å². The number of likely N-dealkylation sites (N-methyl/N-ethyl adjacent to an activating group) is 1. The minimum atomic E-state index is -0.963. The van der Waals surface area contributed by atoms with Gasteiger partial charge >= 0.3 is 0 Å². The lowest BCUT2D eigenvalue weighted by atomic mass is 9.94. The summed E-state index contributed by atoms with van der Waals surface area (Å²) in [5.74, 6) is 0.662. The predicted molar refractivity (Wildman–Crippen MR) is 66.0 cm³/mol. The van der Waals surface area contributed by atoms with Gasteiger partial charge in [-0.15, -0.1) is 0 Å². The Labute approximate surface area is 102 Å². The topological polar surface area (TPSA) is 38.8 Å². The molecule has 1 atom stereocenters. The molecule has 0 aromatic heterocycles. The Kier molecular flexibility index (Phi) is 4.12.